The number of nitrogens with zero attached hydrogens (tertiary/aromatic N) is 2. The lowest BCUT2D eigenvalue weighted by Crippen LogP contribution is -2.01. The molecule has 0 amide bonds. The first kappa shape index (κ1) is 8.67. The molecule has 0 aliphatic rings. The summed E-state index contributed by atoms with van der Waals surface area (Å²) in [6, 6.07) is 1.64. The Morgan fingerprint density at radius 1 is 1.50 bits per heavy atom. The second-order valence-electron chi connectivity index (χ2n) is 1.93. The van der Waals surface area contributed by atoms with E-state index < -0.39 is 5.24 Å². The Morgan fingerprint density at radius 3 is 2.50 bits per heavy atom. The molecule has 5 heteroatoms. The molecule has 0 fully saturated rings. The van der Waals surface area contributed by atoms with Crippen LogP contribution in [0.2, 0.25) is 0 Å². The molecule has 1 rings (SSSR count). The standard InChI is InChI=1S/C7H6ClN3O/c8-6(12)5(4-9)7-10-2-1-3-11-7/h1-4H,9H2. The molecule has 4 nitrogen and oxygen atoms in total. The van der Waals surface area contributed by atoms with E-state index in [4.69, 9.17) is 17.3 Å². The van der Waals surface area contributed by atoms with Gasteiger partial charge in [0.1, 0.15) is 0 Å². The molecule has 0 atom stereocenters. The highest BCUT2D eigenvalue weighted by molar-refractivity contribution is 6.74. The van der Waals surface area contributed by atoms with E-state index in [0.717, 1.165) is 6.20 Å². The maximum absolute atomic E-state index is 10.7. The predicted octanol–water partition coefficient (Wildman–Crippen LogP) is 0.542. The summed E-state index contributed by atoms with van der Waals surface area (Å²) in [6.07, 6.45) is 4.10. The number of carbonyl (C=O) groups is 1. The van der Waals surface area contributed by atoms with Crippen LogP contribution in [0.25, 0.3) is 5.57 Å². The van der Waals surface area contributed by atoms with E-state index >= 15 is 0 Å². The van der Waals surface area contributed by atoms with Crippen molar-refractivity contribution in [2.24, 2.45) is 5.73 Å². The van der Waals surface area contributed by atoms with Crippen molar-refractivity contribution in [2.45, 2.75) is 0 Å². The van der Waals surface area contributed by atoms with E-state index in [-0.39, 0.29) is 11.4 Å². The van der Waals surface area contributed by atoms with Gasteiger partial charge < -0.3 is 5.73 Å². The second kappa shape index (κ2) is 3.82. The lowest BCUT2D eigenvalue weighted by atomic mass is 10.3. The average molecular weight is 184 g/mol. The first-order valence-electron chi connectivity index (χ1n) is 3.15. The SMILES string of the molecule is NC=C(C(=O)Cl)c1ncccn1. The summed E-state index contributed by atoms with van der Waals surface area (Å²) in [6.45, 7) is 0. The summed E-state index contributed by atoms with van der Waals surface area (Å²) in [4.78, 5) is 18.3. The van der Waals surface area contributed by atoms with Crippen LogP contribution in [0, 0.1) is 0 Å². The molecular formula is C7H6ClN3O. The van der Waals surface area contributed by atoms with Crippen molar-refractivity contribution in [3.63, 3.8) is 0 Å². The minimum atomic E-state index is -0.663. The zero-order valence-corrected chi connectivity index (χ0v) is 6.82. The highest BCUT2D eigenvalue weighted by Crippen LogP contribution is 2.09. The van der Waals surface area contributed by atoms with Gasteiger partial charge in [-0.05, 0) is 17.7 Å². The van der Waals surface area contributed by atoms with Crippen molar-refractivity contribution in [1.82, 2.24) is 9.97 Å². The predicted molar refractivity (Wildman–Crippen MR) is 45.1 cm³/mol. The van der Waals surface area contributed by atoms with Gasteiger partial charge in [-0.3, -0.25) is 4.79 Å². The van der Waals surface area contributed by atoms with Gasteiger partial charge in [-0.25, -0.2) is 9.97 Å². The Labute approximate surface area is 74.1 Å². The summed E-state index contributed by atoms with van der Waals surface area (Å²) in [5, 5.41) is -0.663. The molecule has 0 spiro atoms. The highest BCUT2D eigenvalue weighted by Gasteiger charge is 2.09. The second-order valence-corrected chi connectivity index (χ2v) is 2.27. The van der Waals surface area contributed by atoms with E-state index in [9.17, 15) is 4.79 Å². The van der Waals surface area contributed by atoms with Crippen LogP contribution in [0.3, 0.4) is 0 Å². The maximum atomic E-state index is 10.7. The molecule has 62 valence electrons. The number of hydrogen-bond donors (Lipinski definition) is 1. The van der Waals surface area contributed by atoms with Crippen LogP contribution in [-0.4, -0.2) is 15.2 Å². The smallest absolute Gasteiger partial charge is 0.257 e. The zero-order chi connectivity index (χ0) is 8.97. The van der Waals surface area contributed by atoms with E-state index in [1.54, 1.807) is 6.07 Å². The number of halogens is 1. The lowest BCUT2D eigenvalue weighted by molar-refractivity contribution is -0.106. The zero-order valence-electron chi connectivity index (χ0n) is 6.07. The molecule has 12 heavy (non-hydrogen) atoms. The fraction of sp³-hybridized carbons (Fsp3) is 0. The molecule has 0 aromatic carbocycles. The van der Waals surface area contributed by atoms with Crippen molar-refractivity contribution in [1.29, 1.82) is 0 Å². The number of allylic oxidation sites excluding steroid dienone is 1. The molecule has 0 saturated heterocycles. The van der Waals surface area contributed by atoms with Gasteiger partial charge in [-0.1, -0.05) is 0 Å². The van der Waals surface area contributed by atoms with E-state index in [2.05, 4.69) is 9.97 Å². The molecule has 0 aliphatic heterocycles. The van der Waals surface area contributed by atoms with E-state index in [1.807, 2.05) is 0 Å². The topological polar surface area (TPSA) is 68.9 Å². The highest BCUT2D eigenvalue weighted by atomic mass is 35.5. The number of rotatable bonds is 2. The van der Waals surface area contributed by atoms with Crippen LogP contribution in [0.15, 0.2) is 24.7 Å². The Kier molecular flexibility index (Phi) is 2.76. The summed E-state index contributed by atoms with van der Waals surface area (Å²) in [7, 11) is 0. The van der Waals surface area contributed by atoms with Crippen molar-refractivity contribution < 1.29 is 4.79 Å². The van der Waals surface area contributed by atoms with Gasteiger partial charge >= 0.3 is 0 Å². The molecule has 1 aromatic rings. The van der Waals surface area contributed by atoms with Gasteiger partial charge in [0, 0.05) is 18.6 Å². The molecule has 2 N–H and O–H groups in total. The van der Waals surface area contributed by atoms with Crippen molar-refractivity contribution in [3.8, 4) is 0 Å². The molecular weight excluding hydrogens is 178 g/mol. The Bertz CT molecular complexity index is 310. The number of hydrogen-bond acceptors (Lipinski definition) is 4. The summed E-state index contributed by atoms with van der Waals surface area (Å²) >= 11 is 5.21. The number of carbonyl (C=O) groups excluding carboxylic acids is 1. The van der Waals surface area contributed by atoms with Gasteiger partial charge in [0.25, 0.3) is 5.24 Å². The van der Waals surface area contributed by atoms with Crippen LogP contribution in [0.4, 0.5) is 0 Å². The third-order valence-corrected chi connectivity index (χ3v) is 1.39. The molecule has 1 aromatic heterocycles. The van der Waals surface area contributed by atoms with Gasteiger partial charge in [0.2, 0.25) is 0 Å². The minimum absolute atomic E-state index is 0.109. The maximum Gasteiger partial charge on any atom is 0.257 e. The van der Waals surface area contributed by atoms with Gasteiger partial charge in [-0.2, -0.15) is 0 Å². The molecule has 0 aliphatic carbocycles. The molecule has 0 unspecified atom stereocenters. The van der Waals surface area contributed by atoms with E-state index in [0.29, 0.717) is 0 Å². The Hall–Kier alpha value is -1.42. The summed E-state index contributed by atoms with van der Waals surface area (Å²) in [5.74, 6) is 0.236. The van der Waals surface area contributed by atoms with Gasteiger partial charge in [0.15, 0.2) is 5.82 Å². The van der Waals surface area contributed by atoms with Crippen molar-refractivity contribution >= 4 is 22.4 Å². The lowest BCUT2D eigenvalue weighted by Gasteiger charge is -1.96. The first-order valence-corrected chi connectivity index (χ1v) is 3.52. The number of aromatic nitrogens is 2. The van der Waals surface area contributed by atoms with Crippen LogP contribution < -0.4 is 5.73 Å². The van der Waals surface area contributed by atoms with Crippen LogP contribution in [-0.2, 0) is 4.79 Å². The quantitative estimate of drug-likeness (QED) is 0.537. The third-order valence-electron chi connectivity index (χ3n) is 1.19. The largest absolute Gasteiger partial charge is 0.404 e. The van der Waals surface area contributed by atoms with Gasteiger partial charge in [-0.15, -0.1) is 0 Å². The Balaban J connectivity index is 3.05. The first-order chi connectivity index (χ1) is 5.75. The number of nitrogens with two attached hydrogens (primary N) is 1. The fourth-order valence-electron chi connectivity index (χ4n) is 0.666. The monoisotopic (exact) mass is 183 g/mol. The van der Waals surface area contributed by atoms with Crippen molar-refractivity contribution in [3.05, 3.63) is 30.5 Å². The van der Waals surface area contributed by atoms with E-state index in [1.165, 1.54) is 12.4 Å². The van der Waals surface area contributed by atoms with Crippen LogP contribution >= 0.6 is 11.6 Å². The Morgan fingerprint density at radius 2 is 2.08 bits per heavy atom. The normalized spacial score (nSPS) is 11.2. The summed E-state index contributed by atoms with van der Waals surface area (Å²) < 4.78 is 0. The molecule has 0 radical (unpaired) electrons. The summed E-state index contributed by atoms with van der Waals surface area (Å²) in [5.41, 5.74) is 5.27. The molecule has 0 bridgehead atoms. The third kappa shape index (κ3) is 1.79. The van der Waals surface area contributed by atoms with Crippen molar-refractivity contribution in [2.75, 3.05) is 0 Å². The minimum Gasteiger partial charge on any atom is -0.404 e. The molecule has 1 heterocycles. The van der Waals surface area contributed by atoms with Crippen LogP contribution in [0.5, 0.6) is 0 Å². The van der Waals surface area contributed by atoms with Crippen LogP contribution in [0.1, 0.15) is 5.82 Å². The fourth-order valence-corrected chi connectivity index (χ4v) is 0.814. The van der Waals surface area contributed by atoms with Gasteiger partial charge in [0.05, 0.1) is 5.57 Å². The molecule has 0 saturated carbocycles. The average Bonchev–Trinajstić information content (AvgIpc) is 2.07.